The van der Waals surface area contributed by atoms with Crippen LogP contribution in [0.5, 0.6) is 5.75 Å². The SMILES string of the molecule is CCCCCCCCN(C=O)c1ccc(OC)cc1. The molecule has 3 heteroatoms. The van der Waals surface area contributed by atoms with Crippen molar-refractivity contribution in [1.82, 2.24) is 0 Å². The number of rotatable bonds is 10. The summed E-state index contributed by atoms with van der Waals surface area (Å²) < 4.78 is 5.11. The number of hydrogen-bond donors (Lipinski definition) is 0. The molecular weight excluding hydrogens is 238 g/mol. The zero-order valence-corrected chi connectivity index (χ0v) is 12.1. The Morgan fingerprint density at radius 3 is 2.26 bits per heavy atom. The largest absolute Gasteiger partial charge is 0.497 e. The van der Waals surface area contributed by atoms with Gasteiger partial charge in [0.15, 0.2) is 0 Å². The van der Waals surface area contributed by atoms with Crippen LogP contribution in [0.15, 0.2) is 24.3 Å². The van der Waals surface area contributed by atoms with Crippen molar-refractivity contribution in [3.05, 3.63) is 24.3 Å². The summed E-state index contributed by atoms with van der Waals surface area (Å²) in [5.74, 6) is 0.814. The number of carbonyl (C=O) groups is 1. The average Bonchev–Trinajstić information content (AvgIpc) is 2.47. The minimum atomic E-state index is 0.794. The summed E-state index contributed by atoms with van der Waals surface area (Å²) in [7, 11) is 1.64. The van der Waals surface area contributed by atoms with Gasteiger partial charge in [-0.15, -0.1) is 0 Å². The van der Waals surface area contributed by atoms with E-state index < -0.39 is 0 Å². The van der Waals surface area contributed by atoms with Crippen LogP contribution >= 0.6 is 0 Å². The molecule has 0 fully saturated rings. The van der Waals surface area contributed by atoms with Crippen LogP contribution in [0.4, 0.5) is 5.69 Å². The predicted molar refractivity (Wildman–Crippen MR) is 79.8 cm³/mol. The van der Waals surface area contributed by atoms with Crippen LogP contribution in [0.2, 0.25) is 0 Å². The number of methoxy groups -OCH3 is 1. The second kappa shape index (κ2) is 9.42. The highest BCUT2D eigenvalue weighted by Crippen LogP contribution is 2.18. The summed E-state index contributed by atoms with van der Waals surface area (Å²) in [5, 5.41) is 0. The van der Waals surface area contributed by atoms with Crippen molar-refractivity contribution in [2.75, 3.05) is 18.6 Å². The molecule has 0 aliphatic heterocycles. The third-order valence-electron chi connectivity index (χ3n) is 3.28. The number of benzene rings is 1. The maximum atomic E-state index is 11.1. The van der Waals surface area contributed by atoms with Crippen LogP contribution in [0.3, 0.4) is 0 Å². The van der Waals surface area contributed by atoms with E-state index in [1.165, 1.54) is 32.1 Å². The molecule has 3 nitrogen and oxygen atoms in total. The van der Waals surface area contributed by atoms with E-state index in [1.54, 1.807) is 12.0 Å². The van der Waals surface area contributed by atoms with Crippen LogP contribution in [0.25, 0.3) is 0 Å². The Kier molecular flexibility index (Phi) is 7.71. The third kappa shape index (κ3) is 5.77. The van der Waals surface area contributed by atoms with Crippen LogP contribution in [0, 0.1) is 0 Å². The minimum Gasteiger partial charge on any atom is -0.497 e. The molecule has 0 saturated heterocycles. The van der Waals surface area contributed by atoms with Gasteiger partial charge in [0.05, 0.1) is 7.11 Å². The molecule has 1 amide bonds. The molecule has 0 heterocycles. The number of unbranched alkanes of at least 4 members (excludes halogenated alkanes) is 5. The highest BCUT2D eigenvalue weighted by atomic mass is 16.5. The number of nitrogens with zero attached hydrogens (tertiary/aromatic N) is 1. The Balaban J connectivity index is 2.33. The van der Waals surface area contributed by atoms with Gasteiger partial charge < -0.3 is 9.64 Å². The summed E-state index contributed by atoms with van der Waals surface area (Å²) in [5.41, 5.74) is 0.935. The highest BCUT2D eigenvalue weighted by Gasteiger charge is 2.04. The molecule has 1 rings (SSSR count). The fourth-order valence-corrected chi connectivity index (χ4v) is 2.08. The first-order chi connectivity index (χ1) is 9.31. The molecule has 19 heavy (non-hydrogen) atoms. The van der Waals surface area contributed by atoms with Gasteiger partial charge in [-0.25, -0.2) is 0 Å². The summed E-state index contributed by atoms with van der Waals surface area (Å²) in [6.45, 7) is 3.01. The molecule has 106 valence electrons. The van der Waals surface area contributed by atoms with E-state index in [1.807, 2.05) is 24.3 Å². The molecule has 0 aliphatic carbocycles. The van der Waals surface area contributed by atoms with Crippen molar-refractivity contribution in [2.24, 2.45) is 0 Å². The zero-order chi connectivity index (χ0) is 13.9. The van der Waals surface area contributed by atoms with Gasteiger partial charge in [-0.3, -0.25) is 4.79 Å². The second-order valence-electron chi connectivity index (χ2n) is 4.76. The maximum absolute atomic E-state index is 11.1. The average molecular weight is 263 g/mol. The Morgan fingerprint density at radius 2 is 1.68 bits per heavy atom. The van der Waals surface area contributed by atoms with Gasteiger partial charge >= 0.3 is 0 Å². The molecule has 0 N–H and O–H groups in total. The van der Waals surface area contributed by atoms with E-state index in [4.69, 9.17) is 4.74 Å². The minimum absolute atomic E-state index is 0.794. The fourth-order valence-electron chi connectivity index (χ4n) is 2.08. The molecule has 0 atom stereocenters. The summed E-state index contributed by atoms with van der Waals surface area (Å²) in [6, 6.07) is 7.61. The molecule has 0 bridgehead atoms. The first-order valence-electron chi connectivity index (χ1n) is 7.17. The van der Waals surface area contributed by atoms with E-state index >= 15 is 0 Å². The lowest BCUT2D eigenvalue weighted by Gasteiger charge is -2.17. The van der Waals surface area contributed by atoms with Gasteiger partial charge in [0.25, 0.3) is 0 Å². The van der Waals surface area contributed by atoms with Gasteiger partial charge in [-0.2, -0.15) is 0 Å². The lowest BCUT2D eigenvalue weighted by molar-refractivity contribution is -0.107. The van der Waals surface area contributed by atoms with Crippen LogP contribution in [-0.4, -0.2) is 20.1 Å². The number of amides is 1. The van der Waals surface area contributed by atoms with Crippen molar-refractivity contribution in [3.63, 3.8) is 0 Å². The van der Waals surface area contributed by atoms with E-state index in [2.05, 4.69) is 6.92 Å². The maximum Gasteiger partial charge on any atom is 0.214 e. The molecule has 0 aromatic heterocycles. The molecule has 1 aromatic carbocycles. The standard InChI is InChI=1S/C16H25NO2/c1-3-4-5-6-7-8-13-17(14-18)15-9-11-16(19-2)12-10-15/h9-12,14H,3-8,13H2,1-2H3. The first kappa shape index (κ1) is 15.5. The lowest BCUT2D eigenvalue weighted by atomic mass is 10.1. The Hall–Kier alpha value is -1.51. The molecule has 0 unspecified atom stereocenters. The quantitative estimate of drug-likeness (QED) is 0.471. The Bertz CT molecular complexity index is 348. The fraction of sp³-hybridized carbons (Fsp3) is 0.562. The van der Waals surface area contributed by atoms with Crippen molar-refractivity contribution in [1.29, 1.82) is 0 Å². The molecule has 0 aliphatic rings. The lowest BCUT2D eigenvalue weighted by Crippen LogP contribution is -2.22. The van der Waals surface area contributed by atoms with Crippen molar-refractivity contribution in [2.45, 2.75) is 45.4 Å². The van der Waals surface area contributed by atoms with Crippen molar-refractivity contribution in [3.8, 4) is 5.75 Å². The Labute approximate surface area is 116 Å². The van der Waals surface area contributed by atoms with E-state index in [0.29, 0.717) is 0 Å². The smallest absolute Gasteiger partial charge is 0.214 e. The van der Waals surface area contributed by atoms with Crippen LogP contribution in [0.1, 0.15) is 45.4 Å². The second-order valence-corrected chi connectivity index (χ2v) is 4.76. The van der Waals surface area contributed by atoms with E-state index in [9.17, 15) is 4.79 Å². The monoisotopic (exact) mass is 263 g/mol. The molecule has 0 saturated carbocycles. The van der Waals surface area contributed by atoms with Crippen LogP contribution in [-0.2, 0) is 4.79 Å². The van der Waals surface area contributed by atoms with Crippen LogP contribution < -0.4 is 9.64 Å². The van der Waals surface area contributed by atoms with Crippen molar-refractivity contribution >= 4 is 12.1 Å². The first-order valence-corrected chi connectivity index (χ1v) is 7.17. The Morgan fingerprint density at radius 1 is 1.05 bits per heavy atom. The molecular formula is C16H25NO2. The number of ether oxygens (including phenoxy) is 1. The summed E-state index contributed by atoms with van der Waals surface area (Å²) in [4.78, 5) is 12.9. The summed E-state index contributed by atoms with van der Waals surface area (Å²) in [6.07, 6.45) is 8.33. The normalized spacial score (nSPS) is 10.2. The molecule has 1 aromatic rings. The molecule has 0 spiro atoms. The number of hydrogen-bond acceptors (Lipinski definition) is 2. The van der Waals surface area contributed by atoms with Gasteiger partial charge in [0, 0.05) is 12.2 Å². The molecule has 0 radical (unpaired) electrons. The summed E-state index contributed by atoms with van der Waals surface area (Å²) >= 11 is 0. The highest BCUT2D eigenvalue weighted by molar-refractivity contribution is 5.75. The number of anilines is 1. The predicted octanol–water partition coefficient (Wildman–Crippen LogP) is 4.02. The van der Waals surface area contributed by atoms with E-state index in [-0.39, 0.29) is 0 Å². The van der Waals surface area contributed by atoms with Crippen molar-refractivity contribution < 1.29 is 9.53 Å². The third-order valence-corrected chi connectivity index (χ3v) is 3.28. The van der Waals surface area contributed by atoms with Gasteiger partial charge in [0.2, 0.25) is 6.41 Å². The van der Waals surface area contributed by atoms with Gasteiger partial charge in [-0.1, -0.05) is 39.0 Å². The number of carbonyl (C=O) groups excluding carboxylic acids is 1. The zero-order valence-electron chi connectivity index (χ0n) is 12.1. The van der Waals surface area contributed by atoms with E-state index in [0.717, 1.165) is 30.8 Å². The van der Waals surface area contributed by atoms with Gasteiger partial charge in [0.1, 0.15) is 5.75 Å². The van der Waals surface area contributed by atoms with Gasteiger partial charge in [-0.05, 0) is 30.7 Å². The topological polar surface area (TPSA) is 29.5 Å².